The van der Waals surface area contributed by atoms with E-state index in [4.69, 9.17) is 0 Å². The Labute approximate surface area is 109 Å². The zero-order valence-corrected chi connectivity index (χ0v) is 12.0. The first-order chi connectivity index (χ1) is 8.17. The van der Waals surface area contributed by atoms with E-state index in [-0.39, 0.29) is 0 Å². The molecule has 0 aromatic heterocycles. The predicted molar refractivity (Wildman–Crippen MR) is 77.7 cm³/mol. The SMILES string of the molecule is CSC1(CNCc2c(C)cccc2C)CCC1. The molecule has 94 valence electrons. The van der Waals surface area contributed by atoms with Crippen molar-refractivity contribution >= 4 is 11.8 Å². The quantitative estimate of drug-likeness (QED) is 0.854. The van der Waals surface area contributed by atoms with Gasteiger partial charge in [-0.2, -0.15) is 11.8 Å². The second kappa shape index (κ2) is 5.45. The van der Waals surface area contributed by atoms with Crippen molar-refractivity contribution in [1.29, 1.82) is 0 Å². The van der Waals surface area contributed by atoms with Crippen LogP contribution in [-0.4, -0.2) is 17.5 Å². The molecule has 1 saturated carbocycles. The molecule has 1 aliphatic carbocycles. The van der Waals surface area contributed by atoms with Gasteiger partial charge in [-0.05, 0) is 49.6 Å². The average Bonchev–Trinajstić information content (AvgIpc) is 2.26. The maximum atomic E-state index is 3.66. The summed E-state index contributed by atoms with van der Waals surface area (Å²) in [5, 5.41) is 3.66. The van der Waals surface area contributed by atoms with Gasteiger partial charge in [0.1, 0.15) is 0 Å². The summed E-state index contributed by atoms with van der Waals surface area (Å²) in [6, 6.07) is 6.55. The lowest BCUT2D eigenvalue weighted by Crippen LogP contribution is -2.43. The van der Waals surface area contributed by atoms with Crippen LogP contribution in [0, 0.1) is 13.8 Å². The molecule has 0 heterocycles. The molecule has 2 rings (SSSR count). The van der Waals surface area contributed by atoms with E-state index in [1.165, 1.54) is 36.0 Å². The highest BCUT2D eigenvalue weighted by Gasteiger charge is 2.35. The second-order valence-electron chi connectivity index (χ2n) is 5.21. The molecule has 0 atom stereocenters. The molecule has 2 heteroatoms. The minimum atomic E-state index is 0.538. The summed E-state index contributed by atoms with van der Waals surface area (Å²) in [5.74, 6) is 0. The van der Waals surface area contributed by atoms with E-state index < -0.39 is 0 Å². The zero-order valence-electron chi connectivity index (χ0n) is 11.2. The first-order valence-corrected chi connectivity index (χ1v) is 7.70. The summed E-state index contributed by atoms with van der Waals surface area (Å²) in [6.07, 6.45) is 6.42. The van der Waals surface area contributed by atoms with E-state index in [0.29, 0.717) is 4.75 Å². The highest BCUT2D eigenvalue weighted by atomic mass is 32.2. The predicted octanol–water partition coefficient (Wildman–Crippen LogP) is 3.68. The lowest BCUT2D eigenvalue weighted by atomic mass is 9.84. The first kappa shape index (κ1) is 13.0. The largest absolute Gasteiger partial charge is 0.311 e. The Kier molecular flexibility index (Phi) is 4.16. The third-order valence-corrected chi connectivity index (χ3v) is 5.51. The summed E-state index contributed by atoms with van der Waals surface area (Å²) in [5.41, 5.74) is 4.29. The molecule has 1 fully saturated rings. The number of benzene rings is 1. The third kappa shape index (κ3) is 2.86. The van der Waals surface area contributed by atoms with Crippen LogP contribution in [0.4, 0.5) is 0 Å². The van der Waals surface area contributed by atoms with Crippen LogP contribution in [0.25, 0.3) is 0 Å². The van der Waals surface area contributed by atoms with Crippen LogP contribution in [0.3, 0.4) is 0 Å². The van der Waals surface area contributed by atoms with Crippen molar-refractivity contribution in [1.82, 2.24) is 5.32 Å². The number of thioether (sulfide) groups is 1. The van der Waals surface area contributed by atoms with Crippen LogP contribution in [0.2, 0.25) is 0 Å². The maximum Gasteiger partial charge on any atom is 0.0281 e. The first-order valence-electron chi connectivity index (χ1n) is 6.48. The number of rotatable bonds is 5. The molecular weight excluding hydrogens is 226 g/mol. The topological polar surface area (TPSA) is 12.0 Å². The molecule has 0 saturated heterocycles. The van der Waals surface area contributed by atoms with Crippen LogP contribution in [0.15, 0.2) is 18.2 Å². The van der Waals surface area contributed by atoms with Crippen LogP contribution in [-0.2, 0) is 6.54 Å². The van der Waals surface area contributed by atoms with E-state index in [2.05, 4.69) is 43.6 Å². The molecule has 0 amide bonds. The highest BCUT2D eigenvalue weighted by Crippen LogP contribution is 2.42. The van der Waals surface area contributed by atoms with Crippen molar-refractivity contribution in [2.45, 2.75) is 44.4 Å². The van der Waals surface area contributed by atoms with Crippen LogP contribution in [0.1, 0.15) is 36.0 Å². The number of hydrogen-bond acceptors (Lipinski definition) is 2. The fourth-order valence-electron chi connectivity index (χ4n) is 2.57. The molecule has 1 aromatic rings. The van der Waals surface area contributed by atoms with E-state index in [9.17, 15) is 0 Å². The van der Waals surface area contributed by atoms with E-state index in [1.807, 2.05) is 11.8 Å². The molecule has 0 spiro atoms. The smallest absolute Gasteiger partial charge is 0.0281 e. The lowest BCUT2D eigenvalue weighted by Gasteiger charge is -2.40. The molecule has 1 aromatic carbocycles. The normalized spacial score (nSPS) is 17.8. The molecule has 0 radical (unpaired) electrons. The van der Waals surface area contributed by atoms with Gasteiger partial charge in [-0.3, -0.25) is 0 Å². The van der Waals surface area contributed by atoms with Gasteiger partial charge in [-0.25, -0.2) is 0 Å². The summed E-state index contributed by atoms with van der Waals surface area (Å²) < 4.78 is 0.538. The lowest BCUT2D eigenvalue weighted by molar-refractivity contribution is 0.345. The minimum Gasteiger partial charge on any atom is -0.311 e. The molecule has 1 N–H and O–H groups in total. The van der Waals surface area contributed by atoms with Gasteiger partial charge in [0.25, 0.3) is 0 Å². The Bertz CT molecular complexity index is 357. The van der Waals surface area contributed by atoms with Gasteiger partial charge in [0, 0.05) is 17.8 Å². The van der Waals surface area contributed by atoms with Crippen LogP contribution < -0.4 is 5.32 Å². The Morgan fingerprint density at radius 2 is 1.88 bits per heavy atom. The molecule has 1 aliphatic rings. The third-order valence-electron chi connectivity index (χ3n) is 4.09. The van der Waals surface area contributed by atoms with Crippen molar-refractivity contribution < 1.29 is 0 Å². The monoisotopic (exact) mass is 249 g/mol. The Balaban J connectivity index is 1.90. The Morgan fingerprint density at radius 1 is 1.24 bits per heavy atom. The molecule has 0 unspecified atom stereocenters. The van der Waals surface area contributed by atoms with Gasteiger partial charge in [-0.15, -0.1) is 0 Å². The summed E-state index contributed by atoms with van der Waals surface area (Å²) in [4.78, 5) is 0. The van der Waals surface area contributed by atoms with Gasteiger partial charge >= 0.3 is 0 Å². The van der Waals surface area contributed by atoms with Gasteiger partial charge < -0.3 is 5.32 Å². The van der Waals surface area contributed by atoms with Crippen molar-refractivity contribution in [3.8, 4) is 0 Å². The Hall–Kier alpha value is -0.470. The minimum absolute atomic E-state index is 0.538. The number of nitrogens with one attached hydrogen (secondary N) is 1. The Morgan fingerprint density at radius 3 is 2.35 bits per heavy atom. The van der Waals surface area contributed by atoms with Crippen LogP contribution in [0.5, 0.6) is 0 Å². The zero-order chi connectivity index (χ0) is 12.3. The van der Waals surface area contributed by atoms with E-state index in [1.54, 1.807) is 0 Å². The van der Waals surface area contributed by atoms with Crippen molar-refractivity contribution in [3.05, 3.63) is 34.9 Å². The van der Waals surface area contributed by atoms with Gasteiger partial charge in [0.15, 0.2) is 0 Å². The average molecular weight is 249 g/mol. The van der Waals surface area contributed by atoms with Gasteiger partial charge in [-0.1, -0.05) is 24.6 Å². The van der Waals surface area contributed by atoms with Gasteiger partial charge in [0.2, 0.25) is 0 Å². The number of hydrogen-bond donors (Lipinski definition) is 1. The van der Waals surface area contributed by atoms with Crippen LogP contribution >= 0.6 is 11.8 Å². The number of aryl methyl sites for hydroxylation is 2. The van der Waals surface area contributed by atoms with Gasteiger partial charge in [0.05, 0.1) is 0 Å². The molecular formula is C15H23NS. The van der Waals surface area contributed by atoms with E-state index in [0.717, 1.165) is 13.1 Å². The summed E-state index contributed by atoms with van der Waals surface area (Å²) in [6.45, 7) is 6.58. The maximum absolute atomic E-state index is 3.66. The molecule has 1 nitrogen and oxygen atoms in total. The van der Waals surface area contributed by atoms with Crippen molar-refractivity contribution in [3.63, 3.8) is 0 Å². The van der Waals surface area contributed by atoms with E-state index >= 15 is 0 Å². The molecule has 0 aliphatic heterocycles. The molecule has 17 heavy (non-hydrogen) atoms. The van der Waals surface area contributed by atoms with Crippen molar-refractivity contribution in [2.24, 2.45) is 0 Å². The highest BCUT2D eigenvalue weighted by molar-refractivity contribution is 8.00. The second-order valence-corrected chi connectivity index (χ2v) is 6.49. The fourth-order valence-corrected chi connectivity index (χ4v) is 3.51. The van der Waals surface area contributed by atoms with Crippen molar-refractivity contribution in [2.75, 3.05) is 12.8 Å². The fraction of sp³-hybridized carbons (Fsp3) is 0.600. The standard InChI is InChI=1S/C15H23NS/c1-12-6-4-7-13(2)14(12)10-16-11-15(17-3)8-5-9-15/h4,6-7,16H,5,8-11H2,1-3H3. The molecule has 0 bridgehead atoms. The summed E-state index contributed by atoms with van der Waals surface area (Å²) >= 11 is 2.04. The summed E-state index contributed by atoms with van der Waals surface area (Å²) in [7, 11) is 0.